The van der Waals surface area contributed by atoms with Gasteiger partial charge in [0.1, 0.15) is 0 Å². The van der Waals surface area contributed by atoms with Crippen molar-refractivity contribution in [3.05, 3.63) is 58.6 Å². The SMILES string of the molecule is Cn1c2cc(OCCCO)c(O)cc2c2c3c(c(-c4ccccc4Cl)cc21)C(=O)NC3=O. The Morgan fingerprint density at radius 1 is 1.03 bits per heavy atom. The number of benzene rings is 3. The molecule has 8 heteroatoms. The Labute approximate surface area is 187 Å². The van der Waals surface area contributed by atoms with Crippen LogP contribution in [-0.2, 0) is 7.05 Å². The standard InChI is InChI=1S/C24H19ClN2O5/c1-27-16-11-19(32-8-4-7-28)18(29)10-14(16)20-17(27)9-13(12-5-2-3-6-15(12)25)21-22(20)24(31)26-23(21)30/h2-3,5-6,9-11,28-29H,4,7-8H2,1H3,(H,26,30,31). The van der Waals surface area contributed by atoms with E-state index in [9.17, 15) is 14.7 Å². The van der Waals surface area contributed by atoms with Gasteiger partial charge in [-0.1, -0.05) is 29.8 Å². The molecule has 2 heterocycles. The highest BCUT2D eigenvalue weighted by atomic mass is 35.5. The first-order valence-electron chi connectivity index (χ1n) is 10.1. The number of aliphatic hydroxyl groups is 1. The van der Waals surface area contributed by atoms with E-state index in [-0.39, 0.29) is 35.8 Å². The largest absolute Gasteiger partial charge is 0.504 e. The molecule has 0 bridgehead atoms. The number of imide groups is 1. The molecule has 162 valence electrons. The van der Waals surface area contributed by atoms with E-state index in [1.54, 1.807) is 24.3 Å². The van der Waals surface area contributed by atoms with Crippen molar-refractivity contribution in [3.8, 4) is 22.6 Å². The van der Waals surface area contributed by atoms with Crippen LogP contribution in [0.2, 0.25) is 5.02 Å². The molecule has 3 N–H and O–H groups in total. The second kappa shape index (κ2) is 7.55. The van der Waals surface area contributed by atoms with Crippen molar-refractivity contribution in [2.75, 3.05) is 13.2 Å². The van der Waals surface area contributed by atoms with Crippen LogP contribution in [0.4, 0.5) is 0 Å². The number of nitrogens with zero attached hydrogens (tertiary/aromatic N) is 1. The molecule has 1 aliphatic rings. The minimum atomic E-state index is -0.487. The predicted molar refractivity (Wildman–Crippen MR) is 122 cm³/mol. The van der Waals surface area contributed by atoms with E-state index in [4.69, 9.17) is 21.4 Å². The van der Waals surface area contributed by atoms with Gasteiger partial charge in [0.2, 0.25) is 0 Å². The minimum absolute atomic E-state index is 0.0167. The van der Waals surface area contributed by atoms with Gasteiger partial charge in [-0.15, -0.1) is 0 Å². The highest BCUT2D eigenvalue weighted by Gasteiger charge is 2.34. The first-order chi connectivity index (χ1) is 15.4. The first kappa shape index (κ1) is 20.4. The summed E-state index contributed by atoms with van der Waals surface area (Å²) in [6, 6.07) is 12.2. The maximum absolute atomic E-state index is 12.9. The third-order valence-electron chi connectivity index (χ3n) is 5.78. The Morgan fingerprint density at radius 2 is 1.78 bits per heavy atom. The van der Waals surface area contributed by atoms with Gasteiger partial charge in [0.05, 0.1) is 28.8 Å². The van der Waals surface area contributed by atoms with Gasteiger partial charge in [-0.2, -0.15) is 0 Å². The van der Waals surface area contributed by atoms with Gasteiger partial charge in [-0.25, -0.2) is 0 Å². The first-order valence-corrected chi connectivity index (χ1v) is 10.5. The summed E-state index contributed by atoms with van der Waals surface area (Å²) in [6.45, 7) is 0.236. The topological polar surface area (TPSA) is 101 Å². The molecule has 0 radical (unpaired) electrons. The summed E-state index contributed by atoms with van der Waals surface area (Å²) in [4.78, 5) is 25.6. The number of nitrogens with one attached hydrogen (secondary N) is 1. The van der Waals surface area contributed by atoms with Crippen LogP contribution in [0.15, 0.2) is 42.5 Å². The van der Waals surface area contributed by atoms with Crippen LogP contribution >= 0.6 is 11.6 Å². The third-order valence-corrected chi connectivity index (χ3v) is 6.11. The molecule has 0 unspecified atom stereocenters. The fourth-order valence-corrected chi connectivity index (χ4v) is 4.55. The summed E-state index contributed by atoms with van der Waals surface area (Å²) in [5, 5.41) is 23.6. The van der Waals surface area contributed by atoms with E-state index >= 15 is 0 Å². The molecule has 1 aromatic heterocycles. The maximum atomic E-state index is 12.9. The average Bonchev–Trinajstić information content (AvgIpc) is 3.21. The fraction of sp³-hybridized carbons (Fsp3) is 0.167. The van der Waals surface area contributed by atoms with Crippen molar-refractivity contribution >= 4 is 45.2 Å². The quantitative estimate of drug-likeness (QED) is 0.315. The summed E-state index contributed by atoms with van der Waals surface area (Å²) in [6.07, 6.45) is 0.434. The lowest BCUT2D eigenvalue weighted by Gasteiger charge is -2.10. The molecule has 4 aromatic rings. The van der Waals surface area contributed by atoms with Crippen molar-refractivity contribution in [2.24, 2.45) is 7.05 Å². The van der Waals surface area contributed by atoms with Crippen molar-refractivity contribution < 1.29 is 24.5 Å². The normalized spacial score (nSPS) is 13.1. The van der Waals surface area contributed by atoms with Crippen LogP contribution in [0.1, 0.15) is 27.1 Å². The maximum Gasteiger partial charge on any atom is 0.259 e. The number of hydrogen-bond donors (Lipinski definition) is 3. The number of halogens is 1. The van der Waals surface area contributed by atoms with Gasteiger partial charge in [-0.3, -0.25) is 14.9 Å². The molecular formula is C24H19ClN2O5. The number of amides is 2. The number of phenolic OH excluding ortho intramolecular Hbond substituents is 1. The lowest BCUT2D eigenvalue weighted by molar-refractivity contribution is 0.0880. The molecule has 0 saturated carbocycles. The highest BCUT2D eigenvalue weighted by molar-refractivity contribution is 6.36. The Morgan fingerprint density at radius 3 is 2.53 bits per heavy atom. The summed E-state index contributed by atoms with van der Waals surface area (Å²) < 4.78 is 7.49. The van der Waals surface area contributed by atoms with Gasteiger partial charge in [0.25, 0.3) is 11.8 Å². The predicted octanol–water partition coefficient (Wildman–Crippen LogP) is 4.00. The number of aromatic hydroxyl groups is 1. The molecule has 1 aliphatic heterocycles. The zero-order chi connectivity index (χ0) is 22.6. The second-order valence-corrected chi connectivity index (χ2v) is 8.06. The van der Waals surface area contributed by atoms with Gasteiger partial charge < -0.3 is 19.5 Å². The number of phenols is 1. The van der Waals surface area contributed by atoms with E-state index in [1.165, 1.54) is 6.07 Å². The van der Waals surface area contributed by atoms with Gasteiger partial charge in [-0.05, 0) is 23.8 Å². The Kier molecular flexibility index (Phi) is 4.80. The van der Waals surface area contributed by atoms with Crippen molar-refractivity contribution in [2.45, 2.75) is 6.42 Å². The van der Waals surface area contributed by atoms with E-state index in [2.05, 4.69) is 5.32 Å². The van der Waals surface area contributed by atoms with Crippen LogP contribution in [0.5, 0.6) is 11.5 Å². The molecule has 0 fully saturated rings. The lowest BCUT2D eigenvalue weighted by Crippen LogP contribution is -2.20. The van der Waals surface area contributed by atoms with Crippen LogP contribution in [-0.4, -0.2) is 39.8 Å². The Balaban J connectivity index is 1.85. The molecule has 3 aromatic carbocycles. The number of hydrogen-bond acceptors (Lipinski definition) is 5. The monoisotopic (exact) mass is 450 g/mol. The molecule has 0 saturated heterocycles. The van der Waals surface area contributed by atoms with Crippen molar-refractivity contribution in [1.82, 2.24) is 9.88 Å². The Hall–Kier alpha value is -3.55. The summed E-state index contributed by atoms with van der Waals surface area (Å²) >= 11 is 6.43. The zero-order valence-electron chi connectivity index (χ0n) is 17.1. The van der Waals surface area contributed by atoms with E-state index in [0.29, 0.717) is 38.9 Å². The Bertz CT molecular complexity index is 1440. The smallest absolute Gasteiger partial charge is 0.259 e. The fourth-order valence-electron chi connectivity index (χ4n) is 4.32. The molecule has 0 spiro atoms. The van der Waals surface area contributed by atoms with Crippen molar-refractivity contribution in [3.63, 3.8) is 0 Å². The molecule has 0 aliphatic carbocycles. The summed E-state index contributed by atoms with van der Waals surface area (Å²) in [5.74, 6) is -0.775. The summed E-state index contributed by atoms with van der Waals surface area (Å²) in [5.41, 5.74) is 3.19. The van der Waals surface area contributed by atoms with E-state index in [1.807, 2.05) is 23.7 Å². The van der Waals surface area contributed by atoms with Crippen LogP contribution < -0.4 is 10.1 Å². The number of rotatable bonds is 5. The minimum Gasteiger partial charge on any atom is -0.504 e. The molecule has 0 atom stereocenters. The third kappa shape index (κ3) is 2.93. The number of aryl methyl sites for hydroxylation is 1. The van der Waals surface area contributed by atoms with Gasteiger partial charge in [0, 0.05) is 47.5 Å². The number of carbonyl (C=O) groups is 2. The number of ether oxygens (including phenoxy) is 1. The van der Waals surface area contributed by atoms with Crippen molar-refractivity contribution in [1.29, 1.82) is 0 Å². The van der Waals surface area contributed by atoms with Crippen LogP contribution in [0.25, 0.3) is 32.9 Å². The van der Waals surface area contributed by atoms with E-state index < -0.39 is 11.8 Å². The number of carbonyl (C=O) groups excluding carboxylic acids is 2. The summed E-state index contributed by atoms with van der Waals surface area (Å²) in [7, 11) is 1.84. The lowest BCUT2D eigenvalue weighted by atomic mass is 9.93. The molecular weight excluding hydrogens is 432 g/mol. The van der Waals surface area contributed by atoms with Gasteiger partial charge in [0.15, 0.2) is 11.5 Å². The molecule has 7 nitrogen and oxygen atoms in total. The van der Waals surface area contributed by atoms with Gasteiger partial charge >= 0.3 is 0 Å². The second-order valence-electron chi connectivity index (χ2n) is 7.65. The molecule has 2 amide bonds. The van der Waals surface area contributed by atoms with E-state index in [0.717, 1.165) is 5.52 Å². The highest BCUT2D eigenvalue weighted by Crippen LogP contribution is 2.43. The zero-order valence-corrected chi connectivity index (χ0v) is 17.9. The molecule has 32 heavy (non-hydrogen) atoms. The average molecular weight is 451 g/mol. The number of fused-ring (bicyclic) bond motifs is 5. The number of aliphatic hydroxyl groups excluding tert-OH is 1. The van der Waals surface area contributed by atoms with Crippen LogP contribution in [0, 0.1) is 0 Å². The number of aromatic nitrogens is 1. The van der Waals surface area contributed by atoms with Crippen LogP contribution in [0.3, 0.4) is 0 Å². The molecule has 5 rings (SSSR count).